The number of hydrogen-bond donors (Lipinski definition) is 0. The first-order valence-corrected chi connectivity index (χ1v) is 12.2. The first kappa shape index (κ1) is 25.1. The molecule has 1 fully saturated rings. The van der Waals surface area contributed by atoms with Crippen LogP contribution in [0.3, 0.4) is 0 Å². The van der Waals surface area contributed by atoms with Crippen molar-refractivity contribution in [3.8, 4) is 29.1 Å². The van der Waals surface area contributed by atoms with E-state index in [1.807, 2.05) is 17.6 Å². The molecule has 1 aliphatic carbocycles. The highest BCUT2D eigenvalue weighted by atomic mass is 32.2. The molecule has 0 amide bonds. The monoisotopic (exact) mass is 534 g/mol. The summed E-state index contributed by atoms with van der Waals surface area (Å²) >= 11 is 1.46. The Balaban J connectivity index is 1.60. The van der Waals surface area contributed by atoms with Gasteiger partial charge in [0.25, 0.3) is 0 Å². The van der Waals surface area contributed by atoms with Gasteiger partial charge < -0.3 is 9.13 Å². The maximum absolute atomic E-state index is 13.9. The van der Waals surface area contributed by atoms with E-state index in [4.69, 9.17) is 4.98 Å². The van der Waals surface area contributed by atoms with Gasteiger partial charge in [0.15, 0.2) is 17.3 Å². The van der Waals surface area contributed by atoms with Crippen LogP contribution in [0.25, 0.3) is 34.2 Å². The van der Waals surface area contributed by atoms with Crippen molar-refractivity contribution in [3.63, 3.8) is 0 Å². The zero-order valence-corrected chi connectivity index (χ0v) is 20.6. The number of fused-ring (bicyclic) bond motifs is 1. The number of rotatable bonds is 6. The van der Waals surface area contributed by atoms with Crippen molar-refractivity contribution in [1.82, 2.24) is 34.3 Å². The second-order valence-corrected chi connectivity index (χ2v) is 9.96. The standard InChI is InChI=1S/C23H19F5N8S/c1-4-37-20-16(32-17(36(20)3)13-6-5-12(10-30-13)21(11-29)7-8-21)19-31-14-9-15(22(24,25)23(26,27)28)33-34-18(14)35(19)2/h5-6,9-10H,4,7-8H2,1-3H3. The Morgan fingerprint density at radius 3 is 2.35 bits per heavy atom. The number of aryl methyl sites for hydroxylation is 1. The number of pyridine rings is 1. The fourth-order valence-electron chi connectivity index (χ4n) is 4.06. The third kappa shape index (κ3) is 3.92. The molecular formula is C23H19F5N8S. The minimum absolute atomic E-state index is 0.0325. The van der Waals surface area contributed by atoms with Crippen LogP contribution in [-0.4, -0.2) is 46.2 Å². The predicted octanol–water partition coefficient (Wildman–Crippen LogP) is 5.15. The van der Waals surface area contributed by atoms with E-state index in [0.717, 1.165) is 18.4 Å². The van der Waals surface area contributed by atoms with E-state index < -0.39 is 23.2 Å². The van der Waals surface area contributed by atoms with Gasteiger partial charge in [0.05, 0.1) is 11.5 Å². The van der Waals surface area contributed by atoms with Crippen molar-refractivity contribution in [3.05, 3.63) is 35.7 Å². The number of nitrogens with zero attached hydrogens (tertiary/aromatic N) is 8. The zero-order valence-electron chi connectivity index (χ0n) is 19.8. The van der Waals surface area contributed by atoms with Crippen molar-refractivity contribution in [2.75, 3.05) is 5.75 Å². The number of nitriles is 1. The number of halogens is 5. The van der Waals surface area contributed by atoms with E-state index in [-0.39, 0.29) is 17.0 Å². The van der Waals surface area contributed by atoms with Crippen molar-refractivity contribution < 1.29 is 22.0 Å². The van der Waals surface area contributed by atoms with E-state index >= 15 is 0 Å². The number of hydrogen-bond acceptors (Lipinski definition) is 7. The van der Waals surface area contributed by atoms with Gasteiger partial charge in [-0.05, 0) is 36.3 Å². The average Bonchev–Trinajstić information content (AvgIpc) is 3.52. The maximum Gasteiger partial charge on any atom is 0.459 e. The maximum atomic E-state index is 13.9. The molecular weight excluding hydrogens is 515 g/mol. The van der Waals surface area contributed by atoms with Gasteiger partial charge in [0, 0.05) is 20.3 Å². The Morgan fingerprint density at radius 1 is 1.05 bits per heavy atom. The van der Waals surface area contributed by atoms with E-state index in [9.17, 15) is 27.2 Å². The number of imidazole rings is 2. The van der Waals surface area contributed by atoms with Gasteiger partial charge in [0.2, 0.25) is 0 Å². The quantitative estimate of drug-likeness (QED) is 0.249. The zero-order chi connectivity index (χ0) is 26.8. The lowest BCUT2D eigenvalue weighted by Gasteiger charge is -2.17. The van der Waals surface area contributed by atoms with Crippen LogP contribution in [0, 0.1) is 11.3 Å². The first-order chi connectivity index (χ1) is 17.4. The van der Waals surface area contributed by atoms with Crippen molar-refractivity contribution in [1.29, 1.82) is 5.26 Å². The summed E-state index contributed by atoms with van der Waals surface area (Å²) in [5, 5.41) is 16.9. The van der Waals surface area contributed by atoms with Crippen LogP contribution in [0.2, 0.25) is 0 Å². The Labute approximate surface area is 211 Å². The van der Waals surface area contributed by atoms with Gasteiger partial charge in [-0.15, -0.1) is 22.0 Å². The lowest BCUT2D eigenvalue weighted by molar-refractivity contribution is -0.291. The molecule has 1 aliphatic rings. The second-order valence-electron chi connectivity index (χ2n) is 8.71. The molecule has 0 bridgehead atoms. The summed E-state index contributed by atoms with van der Waals surface area (Å²) in [5.41, 5.74) is -0.346. The third-order valence-corrected chi connectivity index (χ3v) is 7.37. The Hall–Kier alpha value is -3.60. The number of alkyl halides is 5. The average molecular weight is 535 g/mol. The molecule has 0 radical (unpaired) electrons. The Bertz CT molecular complexity index is 1540. The number of aromatic nitrogens is 7. The van der Waals surface area contributed by atoms with Crippen molar-refractivity contribution in [2.45, 2.75) is 42.3 Å². The minimum atomic E-state index is -5.82. The van der Waals surface area contributed by atoms with Gasteiger partial charge in [-0.25, -0.2) is 9.97 Å². The summed E-state index contributed by atoms with van der Waals surface area (Å²) in [7, 11) is 3.35. The van der Waals surface area contributed by atoms with Gasteiger partial charge in [-0.1, -0.05) is 13.0 Å². The van der Waals surface area contributed by atoms with Crippen LogP contribution in [0.15, 0.2) is 29.4 Å². The molecule has 8 nitrogen and oxygen atoms in total. The van der Waals surface area contributed by atoms with Gasteiger partial charge in [-0.2, -0.15) is 27.2 Å². The highest BCUT2D eigenvalue weighted by molar-refractivity contribution is 7.99. The summed E-state index contributed by atoms with van der Waals surface area (Å²) in [5.74, 6) is -3.76. The van der Waals surface area contributed by atoms with Gasteiger partial charge >= 0.3 is 12.1 Å². The lowest BCUT2D eigenvalue weighted by Crippen LogP contribution is -2.34. The van der Waals surface area contributed by atoms with E-state index in [1.54, 1.807) is 26.4 Å². The summed E-state index contributed by atoms with van der Waals surface area (Å²) in [6.07, 6.45) is -2.57. The molecule has 4 heterocycles. The first-order valence-electron chi connectivity index (χ1n) is 11.2. The van der Waals surface area contributed by atoms with Crippen molar-refractivity contribution >= 4 is 22.9 Å². The normalized spacial score (nSPS) is 15.2. The summed E-state index contributed by atoms with van der Waals surface area (Å²) in [6, 6.07) is 6.57. The molecule has 0 aromatic carbocycles. The van der Waals surface area contributed by atoms with Crippen LogP contribution in [0.5, 0.6) is 0 Å². The largest absolute Gasteiger partial charge is 0.459 e. The molecule has 37 heavy (non-hydrogen) atoms. The smallest absolute Gasteiger partial charge is 0.320 e. The molecule has 0 saturated heterocycles. The molecule has 5 rings (SSSR count). The van der Waals surface area contributed by atoms with Crippen LogP contribution < -0.4 is 0 Å². The minimum Gasteiger partial charge on any atom is -0.320 e. The highest BCUT2D eigenvalue weighted by Gasteiger charge is 2.60. The third-order valence-electron chi connectivity index (χ3n) is 6.34. The fraction of sp³-hybridized carbons (Fsp3) is 0.391. The molecule has 0 unspecified atom stereocenters. The molecule has 192 valence electrons. The van der Waals surface area contributed by atoms with E-state index in [2.05, 4.69) is 26.2 Å². The molecule has 0 atom stereocenters. The molecule has 1 saturated carbocycles. The van der Waals surface area contributed by atoms with Crippen molar-refractivity contribution in [2.24, 2.45) is 14.1 Å². The van der Waals surface area contributed by atoms with Gasteiger partial charge in [0.1, 0.15) is 27.6 Å². The molecule has 0 N–H and O–H groups in total. The van der Waals surface area contributed by atoms with Crippen LogP contribution in [0.1, 0.15) is 31.0 Å². The molecule has 4 aromatic heterocycles. The highest BCUT2D eigenvalue weighted by Crippen LogP contribution is 2.47. The van der Waals surface area contributed by atoms with Crippen LogP contribution in [0.4, 0.5) is 22.0 Å². The summed E-state index contributed by atoms with van der Waals surface area (Å²) in [6.45, 7) is 1.94. The molecule has 4 aromatic rings. The molecule has 0 spiro atoms. The number of thioether (sulfide) groups is 1. The lowest BCUT2D eigenvalue weighted by atomic mass is 10.00. The van der Waals surface area contributed by atoms with Crippen LogP contribution >= 0.6 is 11.8 Å². The fourth-order valence-corrected chi connectivity index (χ4v) is 4.88. The topological polar surface area (TPSA) is 98.1 Å². The summed E-state index contributed by atoms with van der Waals surface area (Å²) < 4.78 is 69.5. The Kier molecular flexibility index (Phi) is 5.74. The summed E-state index contributed by atoms with van der Waals surface area (Å²) in [4.78, 5) is 13.5. The predicted molar refractivity (Wildman–Crippen MR) is 125 cm³/mol. The van der Waals surface area contributed by atoms with Gasteiger partial charge in [-0.3, -0.25) is 4.98 Å². The second kappa shape index (κ2) is 8.47. The van der Waals surface area contributed by atoms with E-state index in [1.165, 1.54) is 16.3 Å². The van der Waals surface area contributed by atoms with Crippen LogP contribution in [-0.2, 0) is 25.4 Å². The molecule has 14 heteroatoms. The SMILES string of the molecule is CCSc1c(-c2nc3cc(C(F)(F)C(F)(F)F)nnc3n2C)nc(-c2ccc(C3(C#N)CC3)cn2)n1C. The molecule has 0 aliphatic heterocycles. The Morgan fingerprint density at radius 2 is 1.78 bits per heavy atom. The van der Waals surface area contributed by atoms with E-state index in [0.29, 0.717) is 34.1 Å².